The Kier molecular flexibility index (Phi) is 5.42. The summed E-state index contributed by atoms with van der Waals surface area (Å²) in [6.45, 7) is 8.93. The van der Waals surface area contributed by atoms with Crippen LogP contribution in [0.2, 0.25) is 0 Å². The summed E-state index contributed by atoms with van der Waals surface area (Å²) in [5, 5.41) is 2.77. The number of ether oxygens (including phenoxy) is 1. The average molecular weight is 315 g/mol. The monoisotopic (exact) mass is 315 g/mol. The first-order chi connectivity index (χ1) is 10.8. The Morgan fingerprint density at radius 3 is 2.61 bits per heavy atom. The zero-order valence-corrected chi connectivity index (χ0v) is 14.3. The van der Waals surface area contributed by atoms with Crippen LogP contribution in [0, 0.1) is 6.92 Å². The van der Waals surface area contributed by atoms with E-state index in [0.29, 0.717) is 13.0 Å². The fourth-order valence-corrected chi connectivity index (χ4v) is 2.20. The van der Waals surface area contributed by atoms with Gasteiger partial charge in [-0.1, -0.05) is 29.8 Å². The number of amides is 1. The average Bonchev–Trinajstić information content (AvgIpc) is 2.87. The first-order valence-electron chi connectivity index (χ1n) is 7.85. The number of hydrogen-bond acceptors (Lipinski definition) is 3. The molecule has 23 heavy (non-hydrogen) atoms. The molecular formula is C18H25N3O2. The number of carbonyl (C=O) groups excluding carboxylic acids is 1. The highest BCUT2D eigenvalue weighted by Gasteiger charge is 2.15. The van der Waals surface area contributed by atoms with Crippen molar-refractivity contribution in [3.8, 4) is 0 Å². The molecule has 0 atom stereocenters. The number of nitrogens with zero attached hydrogens (tertiary/aromatic N) is 2. The minimum Gasteiger partial charge on any atom is -0.444 e. The molecular weight excluding hydrogens is 290 g/mol. The lowest BCUT2D eigenvalue weighted by Crippen LogP contribution is -2.33. The number of benzene rings is 1. The number of nitrogens with one attached hydrogen (secondary N) is 1. The summed E-state index contributed by atoms with van der Waals surface area (Å²) in [6, 6.07) is 8.46. The summed E-state index contributed by atoms with van der Waals surface area (Å²) >= 11 is 0. The van der Waals surface area contributed by atoms with Crippen molar-refractivity contribution >= 4 is 6.09 Å². The molecule has 1 aromatic carbocycles. The molecule has 0 bridgehead atoms. The molecule has 0 fully saturated rings. The Hall–Kier alpha value is -2.30. The molecule has 0 saturated heterocycles. The molecule has 1 heterocycles. The van der Waals surface area contributed by atoms with Crippen molar-refractivity contribution in [1.29, 1.82) is 0 Å². The molecule has 5 nitrogen and oxygen atoms in total. The Labute approximate surface area is 137 Å². The SMILES string of the molecule is Cc1ccc(Cn2cncc2CCNC(=O)OC(C)(C)C)cc1. The second-order valence-corrected chi connectivity index (χ2v) is 6.68. The number of carbonyl (C=O) groups is 1. The summed E-state index contributed by atoms with van der Waals surface area (Å²) in [5.74, 6) is 0. The Morgan fingerprint density at radius 2 is 1.96 bits per heavy atom. The van der Waals surface area contributed by atoms with Crippen LogP contribution in [-0.2, 0) is 17.7 Å². The van der Waals surface area contributed by atoms with Crippen molar-refractivity contribution < 1.29 is 9.53 Å². The molecule has 0 radical (unpaired) electrons. The van der Waals surface area contributed by atoms with Gasteiger partial charge in [0.2, 0.25) is 0 Å². The summed E-state index contributed by atoms with van der Waals surface area (Å²) < 4.78 is 7.32. The van der Waals surface area contributed by atoms with Gasteiger partial charge in [0.05, 0.1) is 6.33 Å². The molecule has 1 N–H and O–H groups in total. The molecule has 0 aliphatic rings. The van der Waals surface area contributed by atoms with Crippen LogP contribution < -0.4 is 5.32 Å². The fourth-order valence-electron chi connectivity index (χ4n) is 2.20. The Balaban J connectivity index is 1.86. The van der Waals surface area contributed by atoms with Gasteiger partial charge in [-0.05, 0) is 33.3 Å². The van der Waals surface area contributed by atoms with E-state index in [1.165, 1.54) is 11.1 Å². The molecule has 2 aromatic rings. The van der Waals surface area contributed by atoms with Crippen molar-refractivity contribution in [3.63, 3.8) is 0 Å². The minimum atomic E-state index is -0.475. The maximum absolute atomic E-state index is 11.6. The summed E-state index contributed by atoms with van der Waals surface area (Å²) in [4.78, 5) is 15.9. The maximum Gasteiger partial charge on any atom is 0.407 e. The number of aryl methyl sites for hydroxylation is 1. The van der Waals surface area contributed by atoms with Crippen molar-refractivity contribution in [2.24, 2.45) is 0 Å². The van der Waals surface area contributed by atoms with E-state index in [1.54, 1.807) is 0 Å². The highest BCUT2D eigenvalue weighted by molar-refractivity contribution is 5.67. The minimum absolute atomic E-state index is 0.387. The predicted octanol–water partition coefficient (Wildman–Crippen LogP) is 3.31. The van der Waals surface area contributed by atoms with Gasteiger partial charge in [-0.2, -0.15) is 0 Å². The second kappa shape index (κ2) is 7.31. The van der Waals surface area contributed by atoms with E-state index in [-0.39, 0.29) is 6.09 Å². The van der Waals surface area contributed by atoms with Crippen LogP contribution in [0.5, 0.6) is 0 Å². The van der Waals surface area contributed by atoms with Gasteiger partial charge in [-0.25, -0.2) is 9.78 Å². The van der Waals surface area contributed by atoms with Gasteiger partial charge in [-0.3, -0.25) is 0 Å². The van der Waals surface area contributed by atoms with E-state index in [1.807, 2.05) is 33.3 Å². The molecule has 124 valence electrons. The Bertz CT molecular complexity index is 639. The van der Waals surface area contributed by atoms with Crippen LogP contribution in [0.4, 0.5) is 4.79 Å². The third kappa shape index (κ3) is 5.77. The van der Waals surface area contributed by atoms with Gasteiger partial charge in [0.1, 0.15) is 5.60 Å². The fraction of sp³-hybridized carbons (Fsp3) is 0.444. The van der Waals surface area contributed by atoms with Gasteiger partial charge in [0, 0.05) is 31.4 Å². The van der Waals surface area contributed by atoms with Crippen LogP contribution in [0.25, 0.3) is 0 Å². The van der Waals surface area contributed by atoms with E-state index < -0.39 is 5.60 Å². The summed E-state index contributed by atoms with van der Waals surface area (Å²) in [6.07, 6.45) is 3.99. The number of alkyl carbamates (subject to hydrolysis) is 1. The van der Waals surface area contributed by atoms with Crippen molar-refractivity contribution in [2.75, 3.05) is 6.54 Å². The van der Waals surface area contributed by atoms with Crippen molar-refractivity contribution in [2.45, 2.75) is 46.3 Å². The normalized spacial score (nSPS) is 11.3. The van der Waals surface area contributed by atoms with Crippen molar-refractivity contribution in [1.82, 2.24) is 14.9 Å². The maximum atomic E-state index is 11.6. The van der Waals surface area contributed by atoms with Crippen LogP contribution in [-0.4, -0.2) is 27.8 Å². The molecule has 2 rings (SSSR count). The molecule has 0 unspecified atom stereocenters. The highest BCUT2D eigenvalue weighted by atomic mass is 16.6. The van der Waals surface area contributed by atoms with E-state index >= 15 is 0 Å². The third-order valence-corrected chi connectivity index (χ3v) is 3.32. The van der Waals surface area contributed by atoms with Crippen LogP contribution >= 0.6 is 0 Å². The number of rotatable bonds is 5. The predicted molar refractivity (Wildman–Crippen MR) is 90.4 cm³/mol. The lowest BCUT2D eigenvalue weighted by Gasteiger charge is -2.19. The molecule has 5 heteroatoms. The largest absolute Gasteiger partial charge is 0.444 e. The van der Waals surface area contributed by atoms with E-state index in [4.69, 9.17) is 4.74 Å². The smallest absolute Gasteiger partial charge is 0.407 e. The van der Waals surface area contributed by atoms with Gasteiger partial charge in [0.15, 0.2) is 0 Å². The van der Waals surface area contributed by atoms with E-state index in [2.05, 4.69) is 46.1 Å². The van der Waals surface area contributed by atoms with Crippen LogP contribution in [0.1, 0.15) is 37.6 Å². The van der Waals surface area contributed by atoms with Crippen LogP contribution in [0.15, 0.2) is 36.8 Å². The quantitative estimate of drug-likeness (QED) is 0.921. The first-order valence-corrected chi connectivity index (χ1v) is 7.85. The second-order valence-electron chi connectivity index (χ2n) is 6.68. The molecule has 0 aliphatic carbocycles. The zero-order valence-electron chi connectivity index (χ0n) is 14.3. The number of hydrogen-bond donors (Lipinski definition) is 1. The van der Waals surface area contributed by atoms with Gasteiger partial charge in [-0.15, -0.1) is 0 Å². The van der Waals surface area contributed by atoms with Crippen molar-refractivity contribution in [3.05, 3.63) is 53.6 Å². The van der Waals surface area contributed by atoms with Gasteiger partial charge in [0.25, 0.3) is 0 Å². The topological polar surface area (TPSA) is 56.2 Å². The molecule has 1 amide bonds. The molecule has 1 aromatic heterocycles. The Morgan fingerprint density at radius 1 is 1.26 bits per heavy atom. The highest BCUT2D eigenvalue weighted by Crippen LogP contribution is 2.09. The number of aromatic nitrogens is 2. The molecule has 0 saturated carbocycles. The van der Waals surface area contributed by atoms with Gasteiger partial charge >= 0.3 is 6.09 Å². The van der Waals surface area contributed by atoms with Crippen LogP contribution in [0.3, 0.4) is 0 Å². The van der Waals surface area contributed by atoms with E-state index in [9.17, 15) is 4.79 Å². The lowest BCUT2D eigenvalue weighted by atomic mass is 10.1. The third-order valence-electron chi connectivity index (χ3n) is 3.32. The van der Waals surface area contributed by atoms with Gasteiger partial charge < -0.3 is 14.6 Å². The van der Waals surface area contributed by atoms with E-state index in [0.717, 1.165) is 12.2 Å². The summed E-state index contributed by atoms with van der Waals surface area (Å²) in [5.41, 5.74) is 3.09. The number of imidazole rings is 1. The standard InChI is InChI=1S/C18H25N3O2/c1-14-5-7-15(8-6-14)12-21-13-19-11-16(21)9-10-20-17(22)23-18(2,3)4/h5-8,11,13H,9-10,12H2,1-4H3,(H,20,22). The first kappa shape index (κ1) is 17.1. The lowest BCUT2D eigenvalue weighted by molar-refractivity contribution is 0.0528. The molecule has 0 spiro atoms. The zero-order chi connectivity index (χ0) is 16.9. The summed E-state index contributed by atoms with van der Waals surface area (Å²) in [7, 11) is 0. The molecule has 0 aliphatic heterocycles.